The molecule has 0 saturated carbocycles. The summed E-state index contributed by atoms with van der Waals surface area (Å²) in [4.78, 5) is 0. The van der Waals surface area contributed by atoms with Crippen molar-refractivity contribution < 1.29 is 14.2 Å². The Hall–Kier alpha value is -0.930. The van der Waals surface area contributed by atoms with Gasteiger partial charge in [-0.3, -0.25) is 0 Å². The zero-order chi connectivity index (χ0) is 9.84. The molecule has 0 bridgehead atoms. The number of hydrogen-bond acceptors (Lipinski definition) is 2. The van der Waals surface area contributed by atoms with Crippen molar-refractivity contribution in [1.29, 1.82) is 0 Å². The van der Waals surface area contributed by atoms with Crippen LogP contribution >= 0.6 is 0 Å². The molecule has 72 valence electrons. The third kappa shape index (κ3) is 2.26. The summed E-state index contributed by atoms with van der Waals surface area (Å²) < 4.78 is 18.1. The summed E-state index contributed by atoms with van der Waals surface area (Å²) >= 11 is 0. The minimum Gasteiger partial charge on any atom is -0.389 e. The highest BCUT2D eigenvalue weighted by Gasteiger charge is 2.12. The van der Waals surface area contributed by atoms with E-state index in [0.717, 1.165) is 0 Å². The van der Waals surface area contributed by atoms with Crippen molar-refractivity contribution in [3.63, 3.8) is 0 Å². The van der Waals surface area contributed by atoms with Crippen molar-refractivity contribution in [3.05, 3.63) is 35.1 Å². The van der Waals surface area contributed by atoms with E-state index in [1.165, 1.54) is 20.1 Å². The maximum atomic E-state index is 13.2. The number of ether oxygens (including phenoxy) is 1. The van der Waals surface area contributed by atoms with E-state index in [4.69, 9.17) is 4.74 Å². The molecule has 13 heavy (non-hydrogen) atoms. The van der Waals surface area contributed by atoms with Gasteiger partial charge in [0.15, 0.2) is 0 Å². The van der Waals surface area contributed by atoms with Crippen LogP contribution in [-0.2, 0) is 11.3 Å². The van der Waals surface area contributed by atoms with Gasteiger partial charge in [-0.05, 0) is 18.6 Å². The summed E-state index contributed by atoms with van der Waals surface area (Å²) in [5.74, 6) is -0.385. The van der Waals surface area contributed by atoms with E-state index in [1.807, 2.05) is 0 Å². The number of halogens is 1. The first-order chi connectivity index (χ1) is 6.16. The monoisotopic (exact) mass is 184 g/mol. The summed E-state index contributed by atoms with van der Waals surface area (Å²) in [7, 11) is 1.54. The van der Waals surface area contributed by atoms with Gasteiger partial charge in [0.25, 0.3) is 0 Å². The fraction of sp³-hybridized carbons (Fsp3) is 0.400. The first-order valence-corrected chi connectivity index (χ1v) is 4.11. The molecular formula is C10H13FO2. The van der Waals surface area contributed by atoms with Gasteiger partial charge in [-0.25, -0.2) is 4.39 Å². The fourth-order valence-corrected chi connectivity index (χ4v) is 1.33. The number of benzene rings is 1. The Bertz CT molecular complexity index is 284. The van der Waals surface area contributed by atoms with Crippen molar-refractivity contribution in [2.45, 2.75) is 19.6 Å². The second-order valence-electron chi connectivity index (χ2n) is 2.92. The van der Waals surface area contributed by atoms with E-state index in [9.17, 15) is 9.50 Å². The molecule has 1 atom stereocenters. The number of rotatable bonds is 3. The lowest BCUT2D eigenvalue weighted by molar-refractivity contribution is 0.168. The SMILES string of the molecule is COCc1cccc(F)c1C(C)O. The fourth-order valence-electron chi connectivity index (χ4n) is 1.33. The van der Waals surface area contributed by atoms with Crippen molar-refractivity contribution >= 4 is 0 Å². The van der Waals surface area contributed by atoms with E-state index in [0.29, 0.717) is 17.7 Å². The van der Waals surface area contributed by atoms with Crippen LogP contribution < -0.4 is 0 Å². The Kier molecular flexibility index (Phi) is 3.39. The molecule has 0 saturated heterocycles. The van der Waals surface area contributed by atoms with Gasteiger partial charge in [0, 0.05) is 12.7 Å². The Balaban J connectivity index is 3.10. The largest absolute Gasteiger partial charge is 0.389 e. The Morgan fingerprint density at radius 3 is 2.77 bits per heavy atom. The molecule has 0 spiro atoms. The molecule has 0 aliphatic heterocycles. The highest BCUT2D eigenvalue weighted by atomic mass is 19.1. The number of aliphatic hydroxyl groups is 1. The smallest absolute Gasteiger partial charge is 0.129 e. The standard InChI is InChI=1S/C10H13FO2/c1-7(12)10-8(6-13-2)4-3-5-9(10)11/h3-5,7,12H,6H2,1-2H3. The predicted molar refractivity (Wildman–Crippen MR) is 47.7 cm³/mol. The Morgan fingerprint density at radius 1 is 1.54 bits per heavy atom. The molecule has 0 aliphatic rings. The van der Waals surface area contributed by atoms with Gasteiger partial charge in [0.2, 0.25) is 0 Å². The maximum Gasteiger partial charge on any atom is 0.129 e. The van der Waals surface area contributed by atoms with Crippen LogP contribution in [0.4, 0.5) is 4.39 Å². The zero-order valence-electron chi connectivity index (χ0n) is 7.75. The maximum absolute atomic E-state index is 13.2. The van der Waals surface area contributed by atoms with Crippen LogP contribution in [0.1, 0.15) is 24.2 Å². The van der Waals surface area contributed by atoms with Gasteiger partial charge in [0.1, 0.15) is 5.82 Å². The minimum absolute atomic E-state index is 0.317. The van der Waals surface area contributed by atoms with Crippen LogP contribution in [0, 0.1) is 5.82 Å². The molecule has 0 fully saturated rings. The number of hydrogen-bond donors (Lipinski definition) is 1. The third-order valence-corrected chi connectivity index (χ3v) is 1.86. The van der Waals surface area contributed by atoms with E-state index in [-0.39, 0.29) is 5.82 Å². The van der Waals surface area contributed by atoms with Crippen molar-refractivity contribution in [2.75, 3.05) is 7.11 Å². The topological polar surface area (TPSA) is 29.5 Å². The molecule has 0 heterocycles. The quantitative estimate of drug-likeness (QED) is 0.778. The molecule has 0 aliphatic carbocycles. The average Bonchev–Trinajstić information content (AvgIpc) is 2.04. The molecule has 1 aromatic rings. The van der Waals surface area contributed by atoms with Gasteiger partial charge in [0.05, 0.1) is 12.7 Å². The molecule has 1 unspecified atom stereocenters. The summed E-state index contributed by atoms with van der Waals surface area (Å²) in [6.45, 7) is 1.86. The summed E-state index contributed by atoms with van der Waals surface area (Å²) in [5.41, 5.74) is 1.02. The van der Waals surface area contributed by atoms with Crippen LogP contribution in [-0.4, -0.2) is 12.2 Å². The van der Waals surface area contributed by atoms with Gasteiger partial charge < -0.3 is 9.84 Å². The molecular weight excluding hydrogens is 171 g/mol. The minimum atomic E-state index is -0.800. The van der Waals surface area contributed by atoms with Crippen LogP contribution in [0.3, 0.4) is 0 Å². The second-order valence-corrected chi connectivity index (χ2v) is 2.92. The van der Waals surface area contributed by atoms with Crippen molar-refractivity contribution in [3.8, 4) is 0 Å². The van der Waals surface area contributed by atoms with Gasteiger partial charge in [-0.15, -0.1) is 0 Å². The lowest BCUT2D eigenvalue weighted by Crippen LogP contribution is -2.02. The normalized spacial score (nSPS) is 12.9. The third-order valence-electron chi connectivity index (χ3n) is 1.86. The molecule has 0 amide bonds. The zero-order valence-corrected chi connectivity index (χ0v) is 7.75. The van der Waals surface area contributed by atoms with Crippen LogP contribution in [0.25, 0.3) is 0 Å². The second kappa shape index (κ2) is 4.35. The van der Waals surface area contributed by atoms with E-state index in [1.54, 1.807) is 12.1 Å². The van der Waals surface area contributed by atoms with E-state index in [2.05, 4.69) is 0 Å². The van der Waals surface area contributed by atoms with Crippen LogP contribution in [0.5, 0.6) is 0 Å². The van der Waals surface area contributed by atoms with Crippen LogP contribution in [0.15, 0.2) is 18.2 Å². The molecule has 1 aromatic carbocycles. The summed E-state index contributed by atoms with van der Waals surface area (Å²) in [6, 6.07) is 4.69. The predicted octanol–water partition coefficient (Wildman–Crippen LogP) is 2.03. The number of aliphatic hydroxyl groups excluding tert-OH is 1. The number of methoxy groups -OCH3 is 1. The van der Waals surface area contributed by atoms with Crippen molar-refractivity contribution in [2.24, 2.45) is 0 Å². The highest BCUT2D eigenvalue weighted by Crippen LogP contribution is 2.21. The van der Waals surface area contributed by atoms with E-state index < -0.39 is 6.10 Å². The lowest BCUT2D eigenvalue weighted by Gasteiger charge is -2.11. The van der Waals surface area contributed by atoms with Gasteiger partial charge in [-0.2, -0.15) is 0 Å². The average molecular weight is 184 g/mol. The van der Waals surface area contributed by atoms with Crippen molar-refractivity contribution in [1.82, 2.24) is 0 Å². The summed E-state index contributed by atoms with van der Waals surface area (Å²) in [5, 5.41) is 9.32. The first-order valence-electron chi connectivity index (χ1n) is 4.11. The molecule has 3 heteroatoms. The summed E-state index contributed by atoms with van der Waals surface area (Å²) in [6.07, 6.45) is -0.800. The first kappa shape index (κ1) is 10.2. The molecule has 1 rings (SSSR count). The van der Waals surface area contributed by atoms with E-state index >= 15 is 0 Å². The molecule has 1 N–H and O–H groups in total. The molecule has 0 aromatic heterocycles. The van der Waals surface area contributed by atoms with Gasteiger partial charge >= 0.3 is 0 Å². The lowest BCUT2D eigenvalue weighted by atomic mass is 10.0. The molecule has 0 radical (unpaired) electrons. The van der Waals surface area contributed by atoms with Crippen LogP contribution in [0.2, 0.25) is 0 Å². The molecule has 2 nitrogen and oxygen atoms in total. The Labute approximate surface area is 77.0 Å². The highest BCUT2D eigenvalue weighted by molar-refractivity contribution is 5.29. The van der Waals surface area contributed by atoms with Gasteiger partial charge in [-0.1, -0.05) is 12.1 Å². The Morgan fingerprint density at radius 2 is 2.23 bits per heavy atom.